The lowest BCUT2D eigenvalue weighted by Gasteiger charge is -2.12. The number of hydrogen-bond donors (Lipinski definition) is 0. The molecule has 6 nitrogen and oxygen atoms in total. The molecule has 7 aromatic carbocycles. The number of para-hydroxylation sites is 3. The topological polar surface area (TPSA) is 83.2 Å². The number of aromatic nitrogens is 4. The molecule has 0 unspecified atom stereocenters. The zero-order valence-electron chi connectivity index (χ0n) is 28.8. The minimum atomic E-state index is 0.557. The van der Waals surface area contributed by atoms with Crippen molar-refractivity contribution >= 4 is 43.6 Å². The Hall–Kier alpha value is -7.80. The molecule has 0 atom stereocenters. The van der Waals surface area contributed by atoms with E-state index in [0.29, 0.717) is 17.0 Å². The smallest absolute Gasteiger partial charge is 0.160 e. The molecule has 0 bridgehead atoms. The summed E-state index contributed by atoms with van der Waals surface area (Å²) in [6.45, 7) is 0. The molecule has 0 saturated carbocycles. The number of rotatable bonds is 5. The highest BCUT2D eigenvalue weighted by molar-refractivity contribution is 6.12. The summed E-state index contributed by atoms with van der Waals surface area (Å²) in [4.78, 5) is 9.92. The van der Waals surface area contributed by atoms with E-state index in [0.717, 1.165) is 50.5 Å². The lowest BCUT2D eigenvalue weighted by Crippen LogP contribution is -1.97. The van der Waals surface area contributed by atoms with Gasteiger partial charge in [0.05, 0.1) is 56.7 Å². The highest BCUT2D eigenvalue weighted by Crippen LogP contribution is 2.37. The van der Waals surface area contributed by atoms with Crippen molar-refractivity contribution in [3.05, 3.63) is 181 Å². The molecule has 0 aliphatic rings. The van der Waals surface area contributed by atoms with Crippen molar-refractivity contribution in [3.8, 4) is 57.4 Å². The molecule has 10 aromatic rings. The van der Waals surface area contributed by atoms with Crippen LogP contribution < -0.4 is 0 Å². The SMILES string of the molecule is N#Cc1ccc(-c2cc(-c3ccc(-n4c5ccccc5c5cc(-n6c7ccccc7c7ccccc76)ccc54)cc3)nc(-c3ccc(C#N)cc3)n2)cc1. The van der Waals surface area contributed by atoms with Gasteiger partial charge in [-0.05, 0) is 91.0 Å². The highest BCUT2D eigenvalue weighted by Gasteiger charge is 2.17. The fourth-order valence-corrected chi connectivity index (χ4v) is 7.64. The second-order valence-corrected chi connectivity index (χ2v) is 13.3. The monoisotopic (exact) mass is 688 g/mol. The summed E-state index contributed by atoms with van der Waals surface area (Å²) in [6.07, 6.45) is 0. The van der Waals surface area contributed by atoms with E-state index in [1.165, 1.54) is 32.6 Å². The number of nitriles is 2. The first-order valence-electron chi connectivity index (χ1n) is 17.7. The normalized spacial score (nSPS) is 11.3. The molecule has 0 fully saturated rings. The Kier molecular flexibility index (Phi) is 7.15. The van der Waals surface area contributed by atoms with Gasteiger partial charge in [-0.1, -0.05) is 78.9 Å². The molecule has 3 aromatic heterocycles. The lowest BCUT2D eigenvalue weighted by atomic mass is 10.0. The van der Waals surface area contributed by atoms with E-state index in [1.54, 1.807) is 24.3 Å². The Morgan fingerprint density at radius 2 is 0.778 bits per heavy atom. The summed E-state index contributed by atoms with van der Waals surface area (Å²) in [5.74, 6) is 0.557. The Balaban J connectivity index is 1.09. The summed E-state index contributed by atoms with van der Waals surface area (Å²) in [5.41, 5.74) is 12.1. The molecule has 0 spiro atoms. The molecule has 0 amide bonds. The van der Waals surface area contributed by atoms with Gasteiger partial charge in [-0.3, -0.25) is 0 Å². The van der Waals surface area contributed by atoms with Crippen LogP contribution in [0.3, 0.4) is 0 Å². The molecule has 0 aliphatic carbocycles. The van der Waals surface area contributed by atoms with Crippen LogP contribution in [0.1, 0.15) is 11.1 Å². The molecule has 0 aliphatic heterocycles. The van der Waals surface area contributed by atoms with Crippen molar-refractivity contribution in [1.29, 1.82) is 10.5 Å². The van der Waals surface area contributed by atoms with Crippen LogP contribution in [0.2, 0.25) is 0 Å². The predicted molar refractivity (Wildman–Crippen MR) is 216 cm³/mol. The van der Waals surface area contributed by atoms with Crippen LogP contribution in [0.25, 0.3) is 88.9 Å². The minimum absolute atomic E-state index is 0.557. The third-order valence-corrected chi connectivity index (χ3v) is 10.2. The Morgan fingerprint density at radius 3 is 1.30 bits per heavy atom. The molecule has 10 rings (SSSR count). The summed E-state index contributed by atoms with van der Waals surface area (Å²) in [7, 11) is 0. The van der Waals surface area contributed by atoms with Gasteiger partial charge < -0.3 is 9.13 Å². The summed E-state index contributed by atoms with van der Waals surface area (Å²) < 4.78 is 4.69. The van der Waals surface area contributed by atoms with Gasteiger partial charge in [-0.15, -0.1) is 0 Å². The first-order valence-corrected chi connectivity index (χ1v) is 17.7. The van der Waals surface area contributed by atoms with Crippen molar-refractivity contribution in [2.24, 2.45) is 0 Å². The van der Waals surface area contributed by atoms with Crippen LogP contribution in [-0.2, 0) is 0 Å². The van der Waals surface area contributed by atoms with Gasteiger partial charge in [0.25, 0.3) is 0 Å². The number of benzene rings is 7. The zero-order chi connectivity index (χ0) is 36.2. The van der Waals surface area contributed by atoms with Crippen molar-refractivity contribution in [2.75, 3.05) is 0 Å². The molecule has 6 heteroatoms. The van der Waals surface area contributed by atoms with Crippen LogP contribution in [0.15, 0.2) is 170 Å². The average Bonchev–Trinajstić information content (AvgIpc) is 3.76. The van der Waals surface area contributed by atoms with E-state index >= 15 is 0 Å². The van der Waals surface area contributed by atoms with Crippen molar-refractivity contribution in [1.82, 2.24) is 19.1 Å². The third kappa shape index (κ3) is 5.02. The summed E-state index contributed by atoms with van der Waals surface area (Å²) in [6, 6.07) is 62.2. The van der Waals surface area contributed by atoms with Crippen molar-refractivity contribution in [2.45, 2.75) is 0 Å². The van der Waals surface area contributed by atoms with E-state index < -0.39 is 0 Å². The maximum absolute atomic E-state index is 9.35. The maximum atomic E-state index is 9.35. The molecular weight excluding hydrogens is 661 g/mol. The van der Waals surface area contributed by atoms with E-state index in [-0.39, 0.29) is 0 Å². The molecule has 0 radical (unpaired) electrons. The van der Waals surface area contributed by atoms with Crippen LogP contribution in [0, 0.1) is 22.7 Å². The van der Waals surface area contributed by atoms with E-state index in [1.807, 2.05) is 30.3 Å². The quantitative estimate of drug-likeness (QED) is 0.180. The third-order valence-electron chi connectivity index (χ3n) is 10.2. The van der Waals surface area contributed by atoms with Gasteiger partial charge in [0.2, 0.25) is 0 Å². The highest BCUT2D eigenvalue weighted by atomic mass is 15.0. The van der Waals surface area contributed by atoms with Gasteiger partial charge in [-0.2, -0.15) is 10.5 Å². The number of fused-ring (bicyclic) bond motifs is 6. The van der Waals surface area contributed by atoms with E-state index in [2.05, 4.69) is 137 Å². The molecule has 3 heterocycles. The maximum Gasteiger partial charge on any atom is 0.160 e. The second kappa shape index (κ2) is 12.5. The summed E-state index contributed by atoms with van der Waals surface area (Å²) in [5, 5.41) is 23.6. The Bertz CT molecular complexity index is 3030. The van der Waals surface area contributed by atoms with Crippen LogP contribution in [0.5, 0.6) is 0 Å². The molecule has 0 saturated heterocycles. The van der Waals surface area contributed by atoms with Gasteiger partial charge in [0.1, 0.15) is 0 Å². The van der Waals surface area contributed by atoms with E-state index in [4.69, 9.17) is 9.97 Å². The zero-order valence-corrected chi connectivity index (χ0v) is 28.8. The van der Waals surface area contributed by atoms with Crippen molar-refractivity contribution in [3.63, 3.8) is 0 Å². The first kappa shape index (κ1) is 31.0. The summed E-state index contributed by atoms with van der Waals surface area (Å²) >= 11 is 0. The fourth-order valence-electron chi connectivity index (χ4n) is 7.64. The van der Waals surface area contributed by atoms with Crippen LogP contribution in [-0.4, -0.2) is 19.1 Å². The number of nitrogens with zero attached hydrogens (tertiary/aromatic N) is 6. The largest absolute Gasteiger partial charge is 0.309 e. The first-order chi connectivity index (χ1) is 26.7. The van der Waals surface area contributed by atoms with Gasteiger partial charge >= 0.3 is 0 Å². The predicted octanol–water partition coefficient (Wildman–Crippen LogP) is 11.4. The molecular formula is C48H28N6. The average molecular weight is 689 g/mol. The molecule has 250 valence electrons. The Morgan fingerprint density at radius 1 is 0.370 bits per heavy atom. The lowest BCUT2D eigenvalue weighted by molar-refractivity contribution is 1.16. The van der Waals surface area contributed by atoms with Gasteiger partial charge in [-0.25, -0.2) is 9.97 Å². The standard InChI is InChI=1S/C48H28N6/c49-29-31-13-17-33(18-14-31)42-28-43(52-48(51-42)35-19-15-32(30-50)16-20-35)34-21-23-36(24-22-34)53-46-12-6-3-9-40(46)41-27-37(25-26-47(41)53)54-44-10-4-1-7-38(44)39-8-2-5-11-45(39)54/h1-28H. The number of hydrogen-bond acceptors (Lipinski definition) is 4. The molecule has 0 N–H and O–H groups in total. The van der Waals surface area contributed by atoms with Crippen LogP contribution in [0.4, 0.5) is 0 Å². The Labute approximate surface area is 310 Å². The van der Waals surface area contributed by atoms with Crippen molar-refractivity contribution < 1.29 is 0 Å². The van der Waals surface area contributed by atoms with Gasteiger partial charge in [0, 0.05) is 49.6 Å². The van der Waals surface area contributed by atoms with E-state index in [9.17, 15) is 10.5 Å². The fraction of sp³-hybridized carbons (Fsp3) is 0. The second-order valence-electron chi connectivity index (χ2n) is 13.3. The van der Waals surface area contributed by atoms with Crippen LogP contribution >= 0.6 is 0 Å². The minimum Gasteiger partial charge on any atom is -0.309 e. The molecule has 54 heavy (non-hydrogen) atoms. The van der Waals surface area contributed by atoms with Gasteiger partial charge in [0.15, 0.2) is 5.82 Å².